The number of hydrogen-bond acceptors (Lipinski definition) is 0. The van der Waals surface area contributed by atoms with E-state index in [1.54, 1.807) is 0 Å². The average molecular weight is 395 g/mol. The Kier molecular flexibility index (Phi) is 25.0. The lowest BCUT2D eigenvalue weighted by atomic mass is 9.90. The first-order chi connectivity index (χ1) is 13.8. The summed E-state index contributed by atoms with van der Waals surface area (Å²) in [5.41, 5.74) is 0. The predicted octanol–water partition coefficient (Wildman–Crippen LogP) is 11.0. The molecular weight excluding hydrogens is 336 g/mol. The van der Waals surface area contributed by atoms with E-state index in [1.165, 1.54) is 154 Å². The first kappa shape index (κ1) is 28.0. The summed E-state index contributed by atoms with van der Waals surface area (Å²) in [7, 11) is 0. The van der Waals surface area contributed by atoms with E-state index in [0.717, 1.165) is 5.92 Å². The number of hydrogen-bond donors (Lipinski definition) is 0. The van der Waals surface area contributed by atoms with Gasteiger partial charge in [0.1, 0.15) is 0 Å². The van der Waals surface area contributed by atoms with Crippen molar-refractivity contribution in [1.82, 2.24) is 0 Å². The van der Waals surface area contributed by atoms with Crippen molar-refractivity contribution in [1.29, 1.82) is 0 Å². The summed E-state index contributed by atoms with van der Waals surface area (Å²) >= 11 is 0. The Morgan fingerprint density at radius 2 is 0.536 bits per heavy atom. The first-order valence-corrected chi connectivity index (χ1v) is 13.8. The second-order valence-electron chi connectivity index (χ2n) is 9.60. The van der Waals surface area contributed by atoms with Crippen LogP contribution in [0.1, 0.15) is 175 Å². The van der Waals surface area contributed by atoms with E-state index in [-0.39, 0.29) is 0 Å². The zero-order valence-electron chi connectivity index (χ0n) is 20.5. The molecule has 0 nitrogen and oxygen atoms in total. The molecule has 0 bridgehead atoms. The summed E-state index contributed by atoms with van der Waals surface area (Å²) in [4.78, 5) is 0. The SMILES string of the molecule is CCCCCCCCCCCCC(CCCC)CCCCCCCCCCC. The Bertz CT molecular complexity index is 257. The molecular formula is C28H58. The van der Waals surface area contributed by atoms with Crippen molar-refractivity contribution in [2.45, 2.75) is 175 Å². The molecule has 0 amide bonds. The molecule has 0 heteroatoms. The minimum absolute atomic E-state index is 1.04. The molecule has 0 aromatic carbocycles. The highest BCUT2D eigenvalue weighted by Crippen LogP contribution is 2.24. The maximum atomic E-state index is 2.36. The highest BCUT2D eigenvalue weighted by Gasteiger charge is 2.08. The second kappa shape index (κ2) is 25.0. The molecule has 0 aliphatic heterocycles. The molecule has 0 heterocycles. The second-order valence-corrected chi connectivity index (χ2v) is 9.60. The fourth-order valence-electron chi connectivity index (χ4n) is 4.59. The summed E-state index contributed by atoms with van der Waals surface area (Å²) in [5.74, 6) is 1.04. The fourth-order valence-corrected chi connectivity index (χ4v) is 4.59. The molecule has 0 aromatic heterocycles. The van der Waals surface area contributed by atoms with Crippen molar-refractivity contribution in [2.75, 3.05) is 0 Å². The topological polar surface area (TPSA) is 0 Å². The van der Waals surface area contributed by atoms with E-state index in [9.17, 15) is 0 Å². The van der Waals surface area contributed by atoms with Crippen LogP contribution in [0, 0.1) is 5.92 Å². The van der Waals surface area contributed by atoms with E-state index >= 15 is 0 Å². The Morgan fingerprint density at radius 3 is 0.857 bits per heavy atom. The van der Waals surface area contributed by atoms with Crippen LogP contribution in [0.2, 0.25) is 0 Å². The van der Waals surface area contributed by atoms with E-state index in [0.29, 0.717) is 0 Å². The smallest absolute Gasteiger partial charge is 0.0414 e. The van der Waals surface area contributed by atoms with Crippen LogP contribution in [-0.2, 0) is 0 Å². The monoisotopic (exact) mass is 394 g/mol. The van der Waals surface area contributed by atoms with Crippen LogP contribution in [0.15, 0.2) is 0 Å². The van der Waals surface area contributed by atoms with Crippen molar-refractivity contribution in [3.05, 3.63) is 0 Å². The molecule has 170 valence electrons. The quantitative estimate of drug-likeness (QED) is 0.143. The molecule has 28 heavy (non-hydrogen) atoms. The fraction of sp³-hybridized carbons (Fsp3) is 1.00. The van der Waals surface area contributed by atoms with Gasteiger partial charge >= 0.3 is 0 Å². The predicted molar refractivity (Wildman–Crippen MR) is 131 cm³/mol. The van der Waals surface area contributed by atoms with Gasteiger partial charge in [-0.15, -0.1) is 0 Å². The van der Waals surface area contributed by atoms with Gasteiger partial charge in [0.2, 0.25) is 0 Å². The van der Waals surface area contributed by atoms with Crippen molar-refractivity contribution in [2.24, 2.45) is 5.92 Å². The van der Waals surface area contributed by atoms with Gasteiger partial charge in [0.25, 0.3) is 0 Å². The van der Waals surface area contributed by atoms with Crippen LogP contribution in [0.5, 0.6) is 0 Å². The minimum Gasteiger partial charge on any atom is -0.0654 e. The Hall–Kier alpha value is 0. The first-order valence-electron chi connectivity index (χ1n) is 13.8. The third kappa shape index (κ3) is 22.3. The summed E-state index contributed by atoms with van der Waals surface area (Å²) in [6, 6.07) is 0. The van der Waals surface area contributed by atoms with Crippen LogP contribution < -0.4 is 0 Å². The zero-order chi connectivity index (χ0) is 20.5. The molecule has 0 rings (SSSR count). The van der Waals surface area contributed by atoms with Gasteiger partial charge in [-0.1, -0.05) is 175 Å². The lowest BCUT2D eigenvalue weighted by Gasteiger charge is -2.16. The van der Waals surface area contributed by atoms with Crippen LogP contribution in [-0.4, -0.2) is 0 Å². The standard InChI is InChI=1S/C28H58/c1-4-7-10-12-14-16-18-20-22-24-27-28(25-9-6-3)26-23-21-19-17-15-13-11-8-5-2/h28H,4-27H2,1-3H3. The molecule has 0 N–H and O–H groups in total. The van der Waals surface area contributed by atoms with Crippen LogP contribution >= 0.6 is 0 Å². The van der Waals surface area contributed by atoms with Crippen molar-refractivity contribution >= 4 is 0 Å². The minimum atomic E-state index is 1.04. The highest BCUT2D eigenvalue weighted by molar-refractivity contribution is 4.61. The zero-order valence-corrected chi connectivity index (χ0v) is 20.5. The molecule has 0 aromatic rings. The molecule has 0 radical (unpaired) electrons. The molecule has 0 spiro atoms. The van der Waals surface area contributed by atoms with Gasteiger partial charge in [-0.05, 0) is 5.92 Å². The van der Waals surface area contributed by atoms with Crippen molar-refractivity contribution in [3.63, 3.8) is 0 Å². The highest BCUT2D eigenvalue weighted by atomic mass is 14.1. The molecule has 0 aliphatic rings. The van der Waals surface area contributed by atoms with Crippen LogP contribution in [0.25, 0.3) is 0 Å². The van der Waals surface area contributed by atoms with Gasteiger partial charge < -0.3 is 0 Å². The molecule has 0 aliphatic carbocycles. The molecule has 1 unspecified atom stereocenters. The average Bonchev–Trinajstić information content (AvgIpc) is 2.71. The third-order valence-electron chi connectivity index (χ3n) is 6.65. The van der Waals surface area contributed by atoms with Gasteiger partial charge in [0.05, 0.1) is 0 Å². The molecule has 0 saturated heterocycles. The maximum absolute atomic E-state index is 2.36. The molecule has 0 saturated carbocycles. The molecule has 1 atom stereocenters. The van der Waals surface area contributed by atoms with E-state index in [1.807, 2.05) is 0 Å². The van der Waals surface area contributed by atoms with Gasteiger partial charge in [0.15, 0.2) is 0 Å². The van der Waals surface area contributed by atoms with Crippen LogP contribution in [0.4, 0.5) is 0 Å². The van der Waals surface area contributed by atoms with Crippen molar-refractivity contribution in [3.8, 4) is 0 Å². The van der Waals surface area contributed by atoms with E-state index in [2.05, 4.69) is 20.8 Å². The Labute approximate surface area is 181 Å². The number of unbranched alkanes of at least 4 members (excludes halogenated alkanes) is 18. The summed E-state index contributed by atoms with van der Waals surface area (Å²) in [5, 5.41) is 0. The largest absolute Gasteiger partial charge is 0.0654 e. The summed E-state index contributed by atoms with van der Waals surface area (Å²) < 4.78 is 0. The normalized spacial score (nSPS) is 12.5. The Morgan fingerprint density at radius 1 is 0.286 bits per heavy atom. The van der Waals surface area contributed by atoms with Gasteiger partial charge in [-0.2, -0.15) is 0 Å². The van der Waals surface area contributed by atoms with E-state index < -0.39 is 0 Å². The van der Waals surface area contributed by atoms with E-state index in [4.69, 9.17) is 0 Å². The van der Waals surface area contributed by atoms with Gasteiger partial charge in [-0.25, -0.2) is 0 Å². The Balaban J connectivity index is 3.52. The third-order valence-corrected chi connectivity index (χ3v) is 6.65. The van der Waals surface area contributed by atoms with Crippen molar-refractivity contribution < 1.29 is 0 Å². The maximum Gasteiger partial charge on any atom is -0.0414 e. The summed E-state index contributed by atoms with van der Waals surface area (Å²) in [6.07, 6.45) is 35.3. The summed E-state index contributed by atoms with van der Waals surface area (Å²) in [6.45, 7) is 6.98. The van der Waals surface area contributed by atoms with Gasteiger partial charge in [0, 0.05) is 0 Å². The van der Waals surface area contributed by atoms with Gasteiger partial charge in [-0.3, -0.25) is 0 Å². The number of rotatable bonds is 24. The lowest BCUT2D eigenvalue weighted by Crippen LogP contribution is -2.01. The molecule has 0 fully saturated rings. The lowest BCUT2D eigenvalue weighted by molar-refractivity contribution is 0.370. The van der Waals surface area contributed by atoms with Crippen LogP contribution in [0.3, 0.4) is 0 Å².